The molecule has 0 aliphatic carbocycles. The fourth-order valence-electron chi connectivity index (χ4n) is 1.44. The maximum absolute atomic E-state index is 11.5. The van der Waals surface area contributed by atoms with Gasteiger partial charge >= 0.3 is 0 Å². The standard InChI is InChI=1S/C13H13ClN4O2/c1-2-16-13(19)11-5-6-12(18-17-11)20-8-3-4-10(15)9(14)7-8/h3-7H,2,15H2,1H3,(H,16,19). The van der Waals surface area contributed by atoms with E-state index in [1.807, 2.05) is 6.92 Å². The molecule has 0 bridgehead atoms. The van der Waals surface area contributed by atoms with Crippen LogP contribution >= 0.6 is 11.6 Å². The van der Waals surface area contributed by atoms with Crippen molar-refractivity contribution >= 4 is 23.2 Å². The molecule has 0 unspecified atom stereocenters. The summed E-state index contributed by atoms with van der Waals surface area (Å²) in [4.78, 5) is 11.5. The third kappa shape index (κ3) is 3.36. The van der Waals surface area contributed by atoms with Crippen molar-refractivity contribution in [1.82, 2.24) is 15.5 Å². The second-order valence-electron chi connectivity index (χ2n) is 3.90. The number of nitrogens with zero attached hydrogens (tertiary/aromatic N) is 2. The summed E-state index contributed by atoms with van der Waals surface area (Å²) in [5, 5.41) is 10.6. The third-order valence-corrected chi connectivity index (χ3v) is 2.73. The molecule has 0 radical (unpaired) electrons. The van der Waals surface area contributed by atoms with Crippen molar-refractivity contribution in [2.75, 3.05) is 12.3 Å². The fraction of sp³-hybridized carbons (Fsp3) is 0.154. The molecule has 1 aromatic heterocycles. The van der Waals surface area contributed by atoms with Crippen molar-refractivity contribution in [3.8, 4) is 11.6 Å². The van der Waals surface area contributed by atoms with Gasteiger partial charge in [-0.2, -0.15) is 0 Å². The molecule has 1 amide bonds. The van der Waals surface area contributed by atoms with E-state index in [4.69, 9.17) is 22.1 Å². The zero-order valence-electron chi connectivity index (χ0n) is 10.8. The second-order valence-corrected chi connectivity index (χ2v) is 4.31. The van der Waals surface area contributed by atoms with E-state index in [1.165, 1.54) is 6.07 Å². The van der Waals surface area contributed by atoms with Crippen LogP contribution in [0.5, 0.6) is 11.6 Å². The fourth-order valence-corrected chi connectivity index (χ4v) is 1.61. The second kappa shape index (κ2) is 6.21. The Morgan fingerprint density at radius 1 is 1.35 bits per heavy atom. The SMILES string of the molecule is CCNC(=O)c1ccc(Oc2ccc(N)c(Cl)c2)nn1. The first kappa shape index (κ1) is 14.1. The summed E-state index contributed by atoms with van der Waals surface area (Å²) in [6, 6.07) is 7.97. The van der Waals surface area contributed by atoms with Gasteiger partial charge in [0.05, 0.1) is 10.7 Å². The monoisotopic (exact) mass is 292 g/mol. The first-order valence-electron chi connectivity index (χ1n) is 5.95. The van der Waals surface area contributed by atoms with Crippen LogP contribution in [-0.4, -0.2) is 22.6 Å². The van der Waals surface area contributed by atoms with E-state index in [0.717, 1.165) is 0 Å². The number of carbonyl (C=O) groups excluding carboxylic acids is 1. The molecule has 0 spiro atoms. The summed E-state index contributed by atoms with van der Waals surface area (Å²) >= 11 is 5.89. The smallest absolute Gasteiger partial charge is 0.271 e. The lowest BCUT2D eigenvalue weighted by atomic mass is 10.3. The van der Waals surface area contributed by atoms with Crippen molar-refractivity contribution < 1.29 is 9.53 Å². The Hall–Kier alpha value is -2.34. The topological polar surface area (TPSA) is 90.1 Å². The van der Waals surface area contributed by atoms with E-state index < -0.39 is 0 Å². The van der Waals surface area contributed by atoms with E-state index in [0.29, 0.717) is 23.0 Å². The van der Waals surface area contributed by atoms with Crippen molar-refractivity contribution in [3.05, 3.63) is 41.0 Å². The van der Waals surface area contributed by atoms with E-state index in [9.17, 15) is 4.79 Å². The van der Waals surface area contributed by atoms with Gasteiger partial charge < -0.3 is 15.8 Å². The summed E-state index contributed by atoms with van der Waals surface area (Å²) in [6.45, 7) is 2.36. The minimum absolute atomic E-state index is 0.231. The molecule has 0 aliphatic heterocycles. The first-order valence-corrected chi connectivity index (χ1v) is 6.32. The van der Waals surface area contributed by atoms with Crippen LogP contribution in [0.2, 0.25) is 5.02 Å². The summed E-state index contributed by atoms with van der Waals surface area (Å²) in [7, 11) is 0. The average Bonchev–Trinajstić information content (AvgIpc) is 2.44. The molecule has 0 fully saturated rings. The Balaban J connectivity index is 2.10. The van der Waals surface area contributed by atoms with E-state index >= 15 is 0 Å². The molecule has 3 N–H and O–H groups in total. The van der Waals surface area contributed by atoms with Crippen LogP contribution in [-0.2, 0) is 0 Å². The highest BCUT2D eigenvalue weighted by atomic mass is 35.5. The Bertz CT molecular complexity index is 616. The van der Waals surface area contributed by atoms with Gasteiger partial charge in [0, 0.05) is 18.7 Å². The predicted octanol–water partition coefficient (Wildman–Crippen LogP) is 2.25. The highest BCUT2D eigenvalue weighted by Crippen LogP contribution is 2.26. The van der Waals surface area contributed by atoms with Crippen LogP contribution in [0.25, 0.3) is 0 Å². The van der Waals surface area contributed by atoms with Crippen LogP contribution < -0.4 is 15.8 Å². The number of hydrogen-bond donors (Lipinski definition) is 2. The number of nitrogen functional groups attached to an aromatic ring is 1. The molecule has 0 saturated carbocycles. The number of anilines is 1. The van der Waals surface area contributed by atoms with Crippen molar-refractivity contribution in [2.45, 2.75) is 6.92 Å². The molecule has 20 heavy (non-hydrogen) atoms. The Morgan fingerprint density at radius 3 is 2.75 bits per heavy atom. The number of carbonyl (C=O) groups is 1. The van der Waals surface area contributed by atoms with Crippen LogP contribution in [0, 0.1) is 0 Å². The van der Waals surface area contributed by atoms with Crippen LogP contribution in [0.4, 0.5) is 5.69 Å². The summed E-state index contributed by atoms with van der Waals surface area (Å²) in [6.07, 6.45) is 0. The largest absolute Gasteiger partial charge is 0.437 e. The number of hydrogen-bond acceptors (Lipinski definition) is 5. The first-order chi connectivity index (χ1) is 9.60. The minimum atomic E-state index is -0.276. The molecule has 0 saturated heterocycles. The quantitative estimate of drug-likeness (QED) is 0.844. The van der Waals surface area contributed by atoms with Gasteiger partial charge in [-0.1, -0.05) is 11.6 Å². The van der Waals surface area contributed by atoms with Crippen molar-refractivity contribution in [3.63, 3.8) is 0 Å². The van der Waals surface area contributed by atoms with Gasteiger partial charge in [-0.15, -0.1) is 10.2 Å². The number of ether oxygens (including phenoxy) is 1. The Morgan fingerprint density at radius 2 is 2.15 bits per heavy atom. The molecular weight excluding hydrogens is 280 g/mol. The molecule has 0 atom stereocenters. The molecule has 7 heteroatoms. The molecule has 1 aromatic carbocycles. The summed E-state index contributed by atoms with van der Waals surface area (Å²) in [5.74, 6) is 0.477. The van der Waals surface area contributed by atoms with Gasteiger partial charge in [0.2, 0.25) is 5.88 Å². The van der Waals surface area contributed by atoms with Crippen molar-refractivity contribution in [2.24, 2.45) is 0 Å². The Kier molecular flexibility index (Phi) is 4.37. The van der Waals surface area contributed by atoms with Gasteiger partial charge in [0.15, 0.2) is 5.69 Å². The number of aromatic nitrogens is 2. The predicted molar refractivity (Wildman–Crippen MR) is 76.0 cm³/mol. The Labute approximate surface area is 120 Å². The van der Waals surface area contributed by atoms with Gasteiger partial charge in [0.1, 0.15) is 5.75 Å². The number of nitrogens with two attached hydrogens (primary N) is 1. The lowest BCUT2D eigenvalue weighted by molar-refractivity contribution is 0.0949. The molecule has 1 heterocycles. The number of benzene rings is 1. The highest BCUT2D eigenvalue weighted by Gasteiger charge is 2.08. The van der Waals surface area contributed by atoms with E-state index in [2.05, 4.69) is 15.5 Å². The molecule has 0 aliphatic rings. The molecular formula is C13H13ClN4O2. The van der Waals surface area contributed by atoms with E-state index in [-0.39, 0.29) is 17.5 Å². The maximum Gasteiger partial charge on any atom is 0.271 e. The normalized spacial score (nSPS) is 10.1. The number of halogens is 1. The zero-order chi connectivity index (χ0) is 14.5. The molecule has 2 aromatic rings. The summed E-state index contributed by atoms with van der Waals surface area (Å²) in [5.41, 5.74) is 6.30. The van der Waals surface area contributed by atoms with Crippen LogP contribution in [0.3, 0.4) is 0 Å². The number of amides is 1. The highest BCUT2D eigenvalue weighted by molar-refractivity contribution is 6.33. The third-order valence-electron chi connectivity index (χ3n) is 2.40. The molecule has 104 valence electrons. The lowest BCUT2D eigenvalue weighted by Gasteiger charge is -2.06. The van der Waals surface area contributed by atoms with Gasteiger partial charge in [0.25, 0.3) is 5.91 Å². The maximum atomic E-state index is 11.5. The van der Waals surface area contributed by atoms with Gasteiger partial charge in [-0.05, 0) is 25.1 Å². The zero-order valence-corrected chi connectivity index (χ0v) is 11.5. The van der Waals surface area contributed by atoms with Crippen molar-refractivity contribution in [1.29, 1.82) is 0 Å². The summed E-state index contributed by atoms with van der Waals surface area (Å²) < 4.78 is 5.46. The van der Waals surface area contributed by atoms with Crippen LogP contribution in [0.15, 0.2) is 30.3 Å². The van der Waals surface area contributed by atoms with Crippen LogP contribution in [0.1, 0.15) is 17.4 Å². The lowest BCUT2D eigenvalue weighted by Crippen LogP contribution is -2.23. The molecule has 2 rings (SSSR count). The minimum Gasteiger partial charge on any atom is -0.437 e. The van der Waals surface area contributed by atoms with E-state index in [1.54, 1.807) is 24.3 Å². The number of rotatable bonds is 4. The van der Waals surface area contributed by atoms with Gasteiger partial charge in [-0.3, -0.25) is 4.79 Å². The number of nitrogens with one attached hydrogen (secondary N) is 1. The van der Waals surface area contributed by atoms with Gasteiger partial charge in [-0.25, -0.2) is 0 Å². The molecule has 6 nitrogen and oxygen atoms in total. The average molecular weight is 293 g/mol.